The van der Waals surface area contributed by atoms with Crippen LogP contribution in [0.2, 0.25) is 0 Å². The SMILES string of the molecule is CCCCCCCCCCCCCCCCCCCCCCCCCCCCCCCCCCCCCCC(=O)OC(COC(=O)CCCCCCCCCCCCCCC)COP(=O)(O)OCCN. The quantitative estimate of drug-likeness (QED) is 0.0347. The van der Waals surface area contributed by atoms with Gasteiger partial charge < -0.3 is 20.1 Å². The molecule has 0 aliphatic heterocycles. The van der Waals surface area contributed by atoms with Crippen molar-refractivity contribution >= 4 is 19.8 Å². The Morgan fingerprint density at radius 2 is 0.614 bits per heavy atom. The first-order chi connectivity index (χ1) is 34.3. The number of carbonyl (C=O) groups excluding carboxylic acids is 2. The van der Waals surface area contributed by atoms with Crippen LogP contribution in [-0.2, 0) is 32.7 Å². The maximum absolute atomic E-state index is 12.7. The molecule has 0 fully saturated rings. The van der Waals surface area contributed by atoms with Crippen LogP contribution in [0, 0.1) is 0 Å². The Labute approximate surface area is 435 Å². The van der Waals surface area contributed by atoms with E-state index < -0.39 is 26.5 Å². The monoisotopic (exact) mass is 1010 g/mol. The van der Waals surface area contributed by atoms with E-state index in [9.17, 15) is 19.0 Å². The van der Waals surface area contributed by atoms with Gasteiger partial charge >= 0.3 is 19.8 Å². The molecule has 0 aromatic carbocycles. The smallest absolute Gasteiger partial charge is 0.462 e. The van der Waals surface area contributed by atoms with E-state index in [0.29, 0.717) is 6.42 Å². The molecule has 70 heavy (non-hydrogen) atoms. The molecule has 0 aromatic rings. The van der Waals surface area contributed by atoms with Gasteiger partial charge in [0.05, 0.1) is 13.2 Å². The summed E-state index contributed by atoms with van der Waals surface area (Å²) in [6, 6.07) is 0. The van der Waals surface area contributed by atoms with E-state index in [1.54, 1.807) is 0 Å². The first-order valence-corrected chi connectivity index (χ1v) is 32.5. The molecule has 0 amide bonds. The predicted octanol–water partition coefficient (Wildman–Crippen LogP) is 19.5. The molecule has 0 saturated carbocycles. The number of hydrogen-bond donors (Lipinski definition) is 2. The van der Waals surface area contributed by atoms with Crippen molar-refractivity contribution < 1.29 is 37.6 Å². The lowest BCUT2D eigenvalue weighted by Crippen LogP contribution is -2.29. The molecule has 0 aromatic heterocycles. The number of phosphoric ester groups is 1. The highest BCUT2D eigenvalue weighted by Gasteiger charge is 2.26. The standard InChI is InChI=1S/C60H120NO8P/c1-3-5-7-9-11-13-15-17-18-19-20-21-22-23-24-25-26-27-28-29-30-31-32-33-34-35-36-37-38-39-41-43-45-47-49-51-53-60(63)69-58(57-68-70(64,65)67-55-54-61)56-66-59(62)52-50-48-46-44-42-40-16-14-12-10-8-6-4-2/h58H,3-57,61H2,1-2H3,(H,64,65). The lowest BCUT2D eigenvalue weighted by atomic mass is 10.0. The summed E-state index contributed by atoms with van der Waals surface area (Å²) in [5.41, 5.74) is 5.38. The Hall–Kier alpha value is -0.990. The molecule has 0 spiro atoms. The topological polar surface area (TPSA) is 134 Å². The van der Waals surface area contributed by atoms with Crippen molar-refractivity contribution in [3.63, 3.8) is 0 Å². The zero-order valence-electron chi connectivity index (χ0n) is 46.8. The van der Waals surface area contributed by atoms with Gasteiger partial charge in [-0.2, -0.15) is 0 Å². The second-order valence-corrected chi connectivity index (χ2v) is 22.8. The number of ether oxygens (including phenoxy) is 2. The van der Waals surface area contributed by atoms with Crippen molar-refractivity contribution in [2.24, 2.45) is 5.73 Å². The summed E-state index contributed by atoms with van der Waals surface area (Å²) in [6.45, 7) is 3.81. The van der Waals surface area contributed by atoms with Crippen molar-refractivity contribution in [2.45, 2.75) is 347 Å². The Morgan fingerprint density at radius 3 is 0.871 bits per heavy atom. The van der Waals surface area contributed by atoms with E-state index >= 15 is 0 Å². The number of phosphoric acid groups is 1. The molecule has 3 N–H and O–H groups in total. The van der Waals surface area contributed by atoms with Crippen molar-refractivity contribution in [1.29, 1.82) is 0 Å². The summed E-state index contributed by atoms with van der Waals surface area (Å²) in [6.07, 6.45) is 64.9. The van der Waals surface area contributed by atoms with E-state index in [0.717, 1.165) is 32.1 Å². The minimum atomic E-state index is -4.38. The van der Waals surface area contributed by atoms with E-state index in [4.69, 9.17) is 24.3 Å². The van der Waals surface area contributed by atoms with Gasteiger partial charge in [0, 0.05) is 19.4 Å². The second-order valence-electron chi connectivity index (χ2n) is 21.3. The van der Waals surface area contributed by atoms with Crippen LogP contribution in [0.4, 0.5) is 0 Å². The minimum Gasteiger partial charge on any atom is -0.462 e. The molecule has 0 aliphatic carbocycles. The highest BCUT2D eigenvalue weighted by molar-refractivity contribution is 7.47. The maximum Gasteiger partial charge on any atom is 0.472 e. The third kappa shape index (κ3) is 56.3. The van der Waals surface area contributed by atoms with Crippen LogP contribution in [0.5, 0.6) is 0 Å². The fourth-order valence-electron chi connectivity index (χ4n) is 9.64. The molecule has 0 saturated heterocycles. The largest absolute Gasteiger partial charge is 0.472 e. The molecular formula is C60H120NO8P. The van der Waals surface area contributed by atoms with Crippen molar-refractivity contribution in [2.75, 3.05) is 26.4 Å². The Balaban J connectivity index is 3.72. The van der Waals surface area contributed by atoms with Crippen LogP contribution < -0.4 is 5.73 Å². The number of unbranched alkanes of at least 4 members (excludes halogenated alkanes) is 47. The van der Waals surface area contributed by atoms with E-state index in [2.05, 4.69) is 13.8 Å². The Bertz CT molecular complexity index is 1110. The summed E-state index contributed by atoms with van der Waals surface area (Å²) >= 11 is 0. The van der Waals surface area contributed by atoms with Crippen molar-refractivity contribution in [3.8, 4) is 0 Å². The van der Waals surface area contributed by atoms with Crippen LogP contribution >= 0.6 is 7.82 Å². The number of hydrogen-bond acceptors (Lipinski definition) is 8. The lowest BCUT2D eigenvalue weighted by molar-refractivity contribution is -0.161. The zero-order chi connectivity index (χ0) is 51.0. The lowest BCUT2D eigenvalue weighted by Gasteiger charge is -2.19. The highest BCUT2D eigenvalue weighted by Crippen LogP contribution is 2.43. The Morgan fingerprint density at radius 1 is 0.371 bits per heavy atom. The van der Waals surface area contributed by atoms with Gasteiger partial charge in [-0.3, -0.25) is 18.6 Å². The molecule has 0 heterocycles. The normalized spacial score (nSPS) is 12.9. The van der Waals surface area contributed by atoms with Crippen molar-refractivity contribution in [1.82, 2.24) is 0 Å². The van der Waals surface area contributed by atoms with Crippen LogP contribution in [0.3, 0.4) is 0 Å². The summed E-state index contributed by atoms with van der Waals surface area (Å²) in [5.74, 6) is -0.805. The summed E-state index contributed by atoms with van der Waals surface area (Å²) in [4.78, 5) is 35.1. The highest BCUT2D eigenvalue weighted by atomic mass is 31.2. The second kappa shape index (κ2) is 57.3. The zero-order valence-corrected chi connectivity index (χ0v) is 47.7. The molecule has 0 rings (SSSR count). The molecule has 2 unspecified atom stereocenters. The van der Waals surface area contributed by atoms with E-state index in [-0.39, 0.29) is 38.6 Å². The van der Waals surface area contributed by atoms with Gasteiger partial charge in [0.25, 0.3) is 0 Å². The average molecular weight is 1010 g/mol. The molecule has 0 radical (unpaired) electrons. The minimum absolute atomic E-state index is 0.0584. The number of esters is 2. The fourth-order valence-corrected chi connectivity index (χ4v) is 10.4. The molecule has 9 nitrogen and oxygen atoms in total. The predicted molar refractivity (Wildman–Crippen MR) is 298 cm³/mol. The van der Waals surface area contributed by atoms with Crippen LogP contribution in [0.25, 0.3) is 0 Å². The van der Waals surface area contributed by atoms with Crippen LogP contribution in [0.1, 0.15) is 341 Å². The van der Waals surface area contributed by atoms with Crippen molar-refractivity contribution in [3.05, 3.63) is 0 Å². The summed E-state index contributed by atoms with van der Waals surface area (Å²) in [5, 5.41) is 0. The first kappa shape index (κ1) is 69.0. The summed E-state index contributed by atoms with van der Waals surface area (Å²) < 4.78 is 33.0. The van der Waals surface area contributed by atoms with E-state index in [1.165, 1.54) is 276 Å². The van der Waals surface area contributed by atoms with Gasteiger partial charge in [-0.15, -0.1) is 0 Å². The Kier molecular flexibility index (Phi) is 56.5. The molecule has 418 valence electrons. The number of nitrogens with two attached hydrogens (primary N) is 1. The van der Waals surface area contributed by atoms with Crippen LogP contribution in [-0.4, -0.2) is 49.3 Å². The van der Waals surface area contributed by atoms with E-state index in [1.807, 2.05) is 0 Å². The van der Waals surface area contributed by atoms with Gasteiger partial charge in [-0.1, -0.05) is 316 Å². The number of carbonyl (C=O) groups is 2. The average Bonchev–Trinajstić information content (AvgIpc) is 3.35. The molecule has 0 bridgehead atoms. The van der Waals surface area contributed by atoms with Crippen LogP contribution in [0.15, 0.2) is 0 Å². The summed E-state index contributed by atoms with van der Waals surface area (Å²) in [7, 11) is -4.38. The van der Waals surface area contributed by atoms with Gasteiger partial charge in [0.1, 0.15) is 6.61 Å². The fraction of sp³-hybridized carbons (Fsp3) is 0.967. The van der Waals surface area contributed by atoms with Gasteiger partial charge in [-0.05, 0) is 12.8 Å². The molecule has 0 aliphatic rings. The van der Waals surface area contributed by atoms with Gasteiger partial charge in [-0.25, -0.2) is 4.57 Å². The third-order valence-corrected chi connectivity index (χ3v) is 15.2. The first-order valence-electron chi connectivity index (χ1n) is 31.0. The van der Waals surface area contributed by atoms with Gasteiger partial charge in [0.2, 0.25) is 0 Å². The third-order valence-electron chi connectivity index (χ3n) is 14.2. The molecule has 2 atom stereocenters. The molecule has 10 heteroatoms. The van der Waals surface area contributed by atoms with Gasteiger partial charge in [0.15, 0.2) is 6.10 Å². The molecular weight excluding hydrogens is 894 g/mol. The maximum atomic E-state index is 12.7. The number of rotatable bonds is 60.